The van der Waals surface area contributed by atoms with Gasteiger partial charge in [0.25, 0.3) is 0 Å². The van der Waals surface area contributed by atoms with E-state index in [1.165, 1.54) is 12.1 Å². The predicted octanol–water partition coefficient (Wildman–Crippen LogP) is 3.56. The number of halogens is 3. The Balaban J connectivity index is 2.15. The minimum absolute atomic E-state index is 0.195. The molecule has 2 N–H and O–H groups in total. The molecule has 2 aromatic rings. The first kappa shape index (κ1) is 14.4. The highest BCUT2D eigenvalue weighted by Gasteiger charge is 2.18. The Hall–Kier alpha value is -2.01. The van der Waals surface area contributed by atoms with Crippen molar-refractivity contribution in [1.29, 1.82) is 0 Å². The van der Waals surface area contributed by atoms with Gasteiger partial charge in [-0.1, -0.05) is 18.2 Å². The fraction of sp³-hybridized carbons (Fsp3) is 0.200. The van der Waals surface area contributed by atoms with Crippen molar-refractivity contribution in [2.75, 3.05) is 11.9 Å². The van der Waals surface area contributed by atoms with E-state index in [1.54, 1.807) is 19.1 Å². The van der Waals surface area contributed by atoms with Gasteiger partial charge in [-0.25, -0.2) is 13.2 Å². The van der Waals surface area contributed by atoms with Crippen molar-refractivity contribution in [3.05, 3.63) is 65.0 Å². The van der Waals surface area contributed by atoms with E-state index in [0.29, 0.717) is 5.56 Å². The fourth-order valence-corrected chi connectivity index (χ4v) is 1.99. The van der Waals surface area contributed by atoms with Gasteiger partial charge in [0.05, 0.1) is 11.3 Å². The van der Waals surface area contributed by atoms with Crippen LogP contribution in [0.25, 0.3) is 0 Å². The number of hydrogen-bond donors (Lipinski definition) is 2. The largest absolute Gasteiger partial charge is 0.386 e. The summed E-state index contributed by atoms with van der Waals surface area (Å²) >= 11 is 0. The lowest BCUT2D eigenvalue weighted by Crippen LogP contribution is -2.16. The molecule has 0 fully saturated rings. The van der Waals surface area contributed by atoms with E-state index in [1.807, 2.05) is 0 Å². The Morgan fingerprint density at radius 2 is 1.55 bits per heavy atom. The zero-order chi connectivity index (χ0) is 14.7. The molecule has 0 aliphatic heterocycles. The Kier molecular flexibility index (Phi) is 4.29. The molecule has 106 valence electrons. The summed E-state index contributed by atoms with van der Waals surface area (Å²) in [6, 6.07) is 7.87. The molecule has 5 heteroatoms. The normalized spacial score (nSPS) is 12.2. The molecule has 2 aromatic carbocycles. The van der Waals surface area contributed by atoms with Crippen molar-refractivity contribution in [2.45, 2.75) is 13.0 Å². The zero-order valence-corrected chi connectivity index (χ0v) is 10.8. The van der Waals surface area contributed by atoms with E-state index in [9.17, 15) is 18.3 Å². The molecule has 0 bridgehead atoms. The summed E-state index contributed by atoms with van der Waals surface area (Å²) in [7, 11) is 0. The Morgan fingerprint density at radius 1 is 1.00 bits per heavy atom. The molecule has 1 unspecified atom stereocenters. The van der Waals surface area contributed by atoms with E-state index in [2.05, 4.69) is 5.32 Å². The van der Waals surface area contributed by atoms with Crippen LogP contribution in [0.3, 0.4) is 0 Å². The first-order chi connectivity index (χ1) is 9.50. The average Bonchev–Trinajstić information content (AvgIpc) is 2.38. The Bertz CT molecular complexity index is 576. The van der Waals surface area contributed by atoms with E-state index >= 15 is 0 Å². The van der Waals surface area contributed by atoms with Crippen molar-refractivity contribution in [1.82, 2.24) is 0 Å². The summed E-state index contributed by atoms with van der Waals surface area (Å²) in [5.74, 6) is -2.14. The second-order valence-electron chi connectivity index (χ2n) is 4.46. The standard InChI is InChI=1S/C15H14F3NO/c1-9-4-2-7-12(18)15(9)19-8-13(20)14-10(16)5-3-6-11(14)17/h2-7,13,19-20H,8H2,1H3. The number of aryl methyl sites for hydroxylation is 1. The zero-order valence-electron chi connectivity index (χ0n) is 10.8. The highest BCUT2D eigenvalue weighted by molar-refractivity contribution is 5.51. The predicted molar refractivity (Wildman–Crippen MR) is 70.9 cm³/mol. The maximum atomic E-state index is 13.6. The number of rotatable bonds is 4. The van der Waals surface area contributed by atoms with Crippen LogP contribution >= 0.6 is 0 Å². The number of nitrogens with one attached hydrogen (secondary N) is 1. The summed E-state index contributed by atoms with van der Waals surface area (Å²) < 4.78 is 40.5. The second kappa shape index (κ2) is 5.96. The van der Waals surface area contributed by atoms with Crippen LogP contribution in [0.2, 0.25) is 0 Å². The molecule has 2 nitrogen and oxygen atoms in total. The summed E-state index contributed by atoms with van der Waals surface area (Å²) in [5.41, 5.74) is 0.434. The molecule has 0 aromatic heterocycles. The Labute approximate surface area is 114 Å². The van der Waals surface area contributed by atoms with Gasteiger partial charge in [-0.15, -0.1) is 0 Å². The summed E-state index contributed by atoms with van der Waals surface area (Å²) in [6.45, 7) is 1.50. The van der Waals surface area contributed by atoms with Crippen LogP contribution in [0.1, 0.15) is 17.2 Å². The van der Waals surface area contributed by atoms with Gasteiger partial charge in [-0.3, -0.25) is 0 Å². The molecule has 0 aliphatic carbocycles. The van der Waals surface area contributed by atoms with Crippen LogP contribution in [-0.4, -0.2) is 11.7 Å². The van der Waals surface area contributed by atoms with Crippen LogP contribution in [-0.2, 0) is 0 Å². The number of para-hydroxylation sites is 1. The highest BCUT2D eigenvalue weighted by atomic mass is 19.1. The minimum Gasteiger partial charge on any atom is -0.386 e. The van der Waals surface area contributed by atoms with E-state index in [-0.39, 0.29) is 12.2 Å². The van der Waals surface area contributed by atoms with Gasteiger partial charge in [0.1, 0.15) is 23.6 Å². The van der Waals surface area contributed by atoms with E-state index < -0.39 is 29.1 Å². The Morgan fingerprint density at radius 3 is 2.15 bits per heavy atom. The molecular formula is C15H14F3NO. The monoisotopic (exact) mass is 281 g/mol. The summed E-state index contributed by atoms with van der Waals surface area (Å²) in [5, 5.41) is 12.5. The van der Waals surface area contributed by atoms with Gasteiger partial charge in [-0.05, 0) is 30.7 Å². The maximum Gasteiger partial charge on any atom is 0.146 e. The molecule has 0 heterocycles. The van der Waals surface area contributed by atoms with Crippen LogP contribution in [0.4, 0.5) is 18.9 Å². The number of aliphatic hydroxyl groups excluding tert-OH is 1. The van der Waals surface area contributed by atoms with Gasteiger partial charge in [0.15, 0.2) is 0 Å². The van der Waals surface area contributed by atoms with Crippen molar-refractivity contribution in [3.8, 4) is 0 Å². The van der Waals surface area contributed by atoms with Crippen molar-refractivity contribution < 1.29 is 18.3 Å². The molecule has 0 radical (unpaired) electrons. The molecule has 20 heavy (non-hydrogen) atoms. The molecule has 0 spiro atoms. The molecule has 0 aliphatic rings. The molecular weight excluding hydrogens is 267 g/mol. The van der Waals surface area contributed by atoms with Crippen LogP contribution in [0.5, 0.6) is 0 Å². The molecule has 0 amide bonds. The number of hydrogen-bond acceptors (Lipinski definition) is 2. The average molecular weight is 281 g/mol. The first-order valence-corrected chi connectivity index (χ1v) is 6.11. The van der Waals surface area contributed by atoms with Crippen LogP contribution < -0.4 is 5.32 Å². The third kappa shape index (κ3) is 2.93. The number of anilines is 1. The topological polar surface area (TPSA) is 32.3 Å². The lowest BCUT2D eigenvalue weighted by Gasteiger charge is -2.16. The number of benzene rings is 2. The molecule has 0 saturated carbocycles. The number of aliphatic hydroxyl groups is 1. The van der Waals surface area contributed by atoms with E-state index in [0.717, 1.165) is 12.1 Å². The van der Waals surface area contributed by atoms with Crippen LogP contribution in [0, 0.1) is 24.4 Å². The van der Waals surface area contributed by atoms with Crippen molar-refractivity contribution >= 4 is 5.69 Å². The lowest BCUT2D eigenvalue weighted by molar-refractivity contribution is 0.181. The SMILES string of the molecule is Cc1cccc(F)c1NCC(O)c1c(F)cccc1F. The smallest absolute Gasteiger partial charge is 0.146 e. The quantitative estimate of drug-likeness (QED) is 0.898. The van der Waals surface area contributed by atoms with Crippen molar-refractivity contribution in [2.24, 2.45) is 0 Å². The summed E-state index contributed by atoms with van der Waals surface area (Å²) in [4.78, 5) is 0. The van der Waals surface area contributed by atoms with Gasteiger partial charge in [0, 0.05) is 6.54 Å². The third-order valence-electron chi connectivity index (χ3n) is 3.03. The van der Waals surface area contributed by atoms with Crippen LogP contribution in [0.15, 0.2) is 36.4 Å². The second-order valence-corrected chi connectivity index (χ2v) is 4.46. The molecule has 1 atom stereocenters. The van der Waals surface area contributed by atoms with E-state index in [4.69, 9.17) is 0 Å². The fourth-order valence-electron chi connectivity index (χ4n) is 1.99. The van der Waals surface area contributed by atoms with Crippen molar-refractivity contribution in [3.63, 3.8) is 0 Å². The molecule has 0 saturated heterocycles. The lowest BCUT2D eigenvalue weighted by atomic mass is 10.1. The minimum atomic E-state index is -1.41. The summed E-state index contributed by atoms with van der Waals surface area (Å²) in [6.07, 6.45) is -1.41. The van der Waals surface area contributed by atoms with Gasteiger partial charge < -0.3 is 10.4 Å². The third-order valence-corrected chi connectivity index (χ3v) is 3.03. The first-order valence-electron chi connectivity index (χ1n) is 6.11. The maximum absolute atomic E-state index is 13.6. The van der Waals surface area contributed by atoms with Gasteiger partial charge >= 0.3 is 0 Å². The van der Waals surface area contributed by atoms with Gasteiger partial charge in [0.2, 0.25) is 0 Å². The van der Waals surface area contributed by atoms with Gasteiger partial charge in [-0.2, -0.15) is 0 Å². The molecule has 2 rings (SSSR count). The highest BCUT2D eigenvalue weighted by Crippen LogP contribution is 2.23.